The van der Waals surface area contributed by atoms with Gasteiger partial charge in [0.05, 0.1) is 10.9 Å². The average Bonchev–Trinajstić information content (AvgIpc) is 2.46. The minimum absolute atomic E-state index is 0.174. The van der Waals surface area contributed by atoms with Crippen molar-refractivity contribution in [2.24, 2.45) is 5.92 Å². The van der Waals surface area contributed by atoms with Gasteiger partial charge in [0, 0.05) is 18.8 Å². The predicted molar refractivity (Wildman–Crippen MR) is 85.4 cm³/mol. The number of nitrogens with one attached hydrogen (secondary N) is 2. The largest absolute Gasteiger partial charge is 0.399 e. The molecule has 6 heteroatoms. The van der Waals surface area contributed by atoms with Gasteiger partial charge in [0.1, 0.15) is 0 Å². The fourth-order valence-electron chi connectivity index (χ4n) is 2.42. The Kier molecular flexibility index (Phi) is 5.16. The van der Waals surface area contributed by atoms with Gasteiger partial charge in [-0.2, -0.15) is 0 Å². The second kappa shape index (κ2) is 7.08. The number of anilines is 2. The molecule has 0 aliphatic rings. The topological polar surface area (TPSA) is 104 Å². The van der Waals surface area contributed by atoms with Gasteiger partial charge in [-0.05, 0) is 37.0 Å². The number of hydrogen-bond acceptors (Lipinski definition) is 5. The van der Waals surface area contributed by atoms with E-state index in [0.717, 1.165) is 19.3 Å². The van der Waals surface area contributed by atoms with E-state index in [1.807, 2.05) is 0 Å². The van der Waals surface area contributed by atoms with Crippen molar-refractivity contribution in [3.8, 4) is 0 Å². The van der Waals surface area contributed by atoms with E-state index in [1.165, 1.54) is 0 Å². The van der Waals surface area contributed by atoms with Gasteiger partial charge >= 0.3 is 0 Å². The van der Waals surface area contributed by atoms with Crippen molar-refractivity contribution in [1.29, 1.82) is 0 Å². The molecule has 6 nitrogen and oxygen atoms in total. The smallest absolute Gasteiger partial charge is 0.260 e. The SMILES string of the molecule is CCCC(CCO)CNc1nc2ccc(N)cc2c(=O)[nH]1. The summed E-state index contributed by atoms with van der Waals surface area (Å²) in [7, 11) is 0. The van der Waals surface area contributed by atoms with Gasteiger partial charge in [0.15, 0.2) is 0 Å². The second-order valence-electron chi connectivity index (χ2n) is 5.24. The van der Waals surface area contributed by atoms with Crippen LogP contribution < -0.4 is 16.6 Å². The van der Waals surface area contributed by atoms with Gasteiger partial charge in [0.25, 0.3) is 5.56 Å². The van der Waals surface area contributed by atoms with E-state index in [1.54, 1.807) is 18.2 Å². The highest BCUT2D eigenvalue weighted by Crippen LogP contribution is 2.14. The number of fused-ring (bicyclic) bond motifs is 1. The number of hydrogen-bond donors (Lipinski definition) is 4. The first-order valence-corrected chi connectivity index (χ1v) is 7.28. The average molecular weight is 290 g/mol. The first-order valence-electron chi connectivity index (χ1n) is 7.28. The Bertz CT molecular complexity index is 648. The third-order valence-electron chi connectivity index (χ3n) is 3.52. The van der Waals surface area contributed by atoms with E-state index in [9.17, 15) is 4.79 Å². The molecule has 1 atom stereocenters. The van der Waals surface area contributed by atoms with Crippen molar-refractivity contribution in [3.05, 3.63) is 28.6 Å². The van der Waals surface area contributed by atoms with Crippen LogP contribution in [-0.2, 0) is 0 Å². The van der Waals surface area contributed by atoms with Crippen LogP contribution in [0.5, 0.6) is 0 Å². The van der Waals surface area contributed by atoms with Gasteiger partial charge in [-0.3, -0.25) is 9.78 Å². The molecule has 5 N–H and O–H groups in total. The lowest BCUT2D eigenvalue weighted by Gasteiger charge is -2.15. The lowest BCUT2D eigenvalue weighted by atomic mass is 10.0. The summed E-state index contributed by atoms with van der Waals surface area (Å²) < 4.78 is 0. The standard InChI is InChI=1S/C15H22N4O2/c1-2-3-10(6-7-20)9-17-15-18-13-5-4-11(16)8-12(13)14(21)19-15/h4-5,8,10,20H,2-3,6-7,9,16H2,1H3,(H2,17,18,19,21). The number of nitrogens with zero attached hydrogens (tertiary/aromatic N) is 1. The molecule has 0 saturated heterocycles. The number of H-pyrrole nitrogens is 1. The van der Waals surface area contributed by atoms with Crippen LogP contribution >= 0.6 is 0 Å². The zero-order valence-corrected chi connectivity index (χ0v) is 12.2. The molecule has 1 unspecified atom stereocenters. The molecule has 114 valence electrons. The van der Waals surface area contributed by atoms with Crippen LogP contribution in [0.4, 0.5) is 11.6 Å². The zero-order valence-electron chi connectivity index (χ0n) is 12.2. The van der Waals surface area contributed by atoms with Gasteiger partial charge in [-0.25, -0.2) is 4.98 Å². The van der Waals surface area contributed by atoms with Crippen molar-refractivity contribution in [2.75, 3.05) is 24.2 Å². The first kappa shape index (κ1) is 15.3. The fraction of sp³-hybridized carbons (Fsp3) is 0.467. The molecular weight excluding hydrogens is 268 g/mol. The number of aromatic nitrogens is 2. The summed E-state index contributed by atoms with van der Waals surface area (Å²) in [4.78, 5) is 19.1. The fourth-order valence-corrected chi connectivity index (χ4v) is 2.42. The molecule has 0 amide bonds. The number of rotatable bonds is 7. The minimum Gasteiger partial charge on any atom is -0.399 e. The highest BCUT2D eigenvalue weighted by molar-refractivity contribution is 5.81. The third kappa shape index (κ3) is 3.95. The molecule has 0 bridgehead atoms. The number of nitrogens with two attached hydrogens (primary N) is 1. The Morgan fingerprint density at radius 1 is 1.43 bits per heavy atom. The Morgan fingerprint density at radius 3 is 2.95 bits per heavy atom. The minimum atomic E-state index is -0.205. The highest BCUT2D eigenvalue weighted by atomic mass is 16.3. The first-order chi connectivity index (χ1) is 10.1. The quantitative estimate of drug-likeness (QED) is 0.581. The second-order valence-corrected chi connectivity index (χ2v) is 5.24. The summed E-state index contributed by atoms with van der Waals surface area (Å²) in [5.74, 6) is 0.823. The van der Waals surface area contributed by atoms with E-state index in [-0.39, 0.29) is 12.2 Å². The molecule has 0 fully saturated rings. The molecule has 1 heterocycles. The Balaban J connectivity index is 2.15. The molecule has 2 aromatic rings. The van der Waals surface area contributed by atoms with Gasteiger partial charge in [0.2, 0.25) is 5.95 Å². The number of aliphatic hydroxyl groups excluding tert-OH is 1. The molecule has 2 rings (SSSR count). The normalized spacial score (nSPS) is 12.5. The molecular formula is C15H22N4O2. The predicted octanol–water partition coefficient (Wildman–Crippen LogP) is 1.72. The van der Waals surface area contributed by atoms with Crippen LogP contribution in [-0.4, -0.2) is 28.2 Å². The maximum atomic E-state index is 12.0. The summed E-state index contributed by atoms with van der Waals surface area (Å²) in [6.45, 7) is 2.97. The van der Waals surface area contributed by atoms with Crippen LogP contribution in [0.1, 0.15) is 26.2 Å². The van der Waals surface area contributed by atoms with Gasteiger partial charge in [-0.1, -0.05) is 13.3 Å². The van der Waals surface area contributed by atoms with Gasteiger partial charge < -0.3 is 16.2 Å². The van der Waals surface area contributed by atoms with Crippen molar-refractivity contribution in [2.45, 2.75) is 26.2 Å². The number of aliphatic hydroxyl groups is 1. The van der Waals surface area contributed by atoms with E-state index in [0.29, 0.717) is 35.0 Å². The summed E-state index contributed by atoms with van der Waals surface area (Å²) in [6.07, 6.45) is 2.84. The maximum absolute atomic E-state index is 12.0. The molecule has 1 aromatic heterocycles. The molecule has 0 radical (unpaired) electrons. The van der Waals surface area contributed by atoms with E-state index in [4.69, 9.17) is 10.8 Å². The van der Waals surface area contributed by atoms with Crippen molar-refractivity contribution >= 4 is 22.5 Å². The summed E-state index contributed by atoms with van der Waals surface area (Å²) in [6, 6.07) is 5.09. The van der Waals surface area contributed by atoms with Crippen LogP contribution in [0.2, 0.25) is 0 Å². The zero-order chi connectivity index (χ0) is 15.2. The van der Waals surface area contributed by atoms with E-state index in [2.05, 4.69) is 22.2 Å². The summed E-state index contributed by atoms with van der Waals surface area (Å²) in [5.41, 5.74) is 6.63. The molecule has 0 spiro atoms. The molecule has 21 heavy (non-hydrogen) atoms. The Morgan fingerprint density at radius 2 is 2.24 bits per heavy atom. The van der Waals surface area contributed by atoms with Crippen molar-refractivity contribution in [3.63, 3.8) is 0 Å². The number of aromatic amines is 1. The van der Waals surface area contributed by atoms with Crippen LogP contribution in [0.15, 0.2) is 23.0 Å². The molecule has 1 aromatic carbocycles. The van der Waals surface area contributed by atoms with Gasteiger partial charge in [-0.15, -0.1) is 0 Å². The lowest BCUT2D eigenvalue weighted by molar-refractivity contribution is 0.255. The van der Waals surface area contributed by atoms with Crippen LogP contribution in [0.25, 0.3) is 10.9 Å². The van der Waals surface area contributed by atoms with Crippen LogP contribution in [0.3, 0.4) is 0 Å². The van der Waals surface area contributed by atoms with Crippen molar-refractivity contribution < 1.29 is 5.11 Å². The lowest BCUT2D eigenvalue weighted by Crippen LogP contribution is -2.19. The Labute approximate surface area is 123 Å². The van der Waals surface area contributed by atoms with E-state index < -0.39 is 0 Å². The maximum Gasteiger partial charge on any atom is 0.260 e. The summed E-state index contributed by atoms with van der Waals surface area (Å²) >= 11 is 0. The molecule has 0 saturated carbocycles. The third-order valence-corrected chi connectivity index (χ3v) is 3.52. The molecule has 0 aliphatic carbocycles. The summed E-state index contributed by atoms with van der Waals surface area (Å²) in [5, 5.41) is 12.7. The van der Waals surface area contributed by atoms with Crippen LogP contribution in [0, 0.1) is 5.92 Å². The molecule has 0 aliphatic heterocycles. The highest BCUT2D eigenvalue weighted by Gasteiger charge is 2.09. The van der Waals surface area contributed by atoms with E-state index >= 15 is 0 Å². The number of benzene rings is 1. The number of nitrogen functional groups attached to an aromatic ring is 1. The Hall–Kier alpha value is -2.08. The monoisotopic (exact) mass is 290 g/mol. The van der Waals surface area contributed by atoms with Crippen molar-refractivity contribution in [1.82, 2.24) is 9.97 Å².